The van der Waals surface area contributed by atoms with Crippen LogP contribution in [0.2, 0.25) is 5.02 Å². The summed E-state index contributed by atoms with van der Waals surface area (Å²) in [4.78, 5) is 11.8. The second kappa shape index (κ2) is 8.24. The molecular formula is C14H18ClF3N2O2. The minimum atomic E-state index is -4.42. The van der Waals surface area contributed by atoms with Crippen LogP contribution in [0.15, 0.2) is 24.3 Å². The van der Waals surface area contributed by atoms with Crippen LogP contribution in [0.1, 0.15) is 31.4 Å². The largest absolute Gasteiger partial charge is 0.396 e. The lowest BCUT2D eigenvalue weighted by Gasteiger charge is -2.22. The number of hydrogen-bond acceptors (Lipinski definition) is 2. The van der Waals surface area contributed by atoms with Gasteiger partial charge >= 0.3 is 12.2 Å². The third-order valence-electron chi connectivity index (χ3n) is 2.95. The molecule has 0 saturated heterocycles. The Bertz CT molecular complexity index is 480. The first-order valence-corrected chi connectivity index (χ1v) is 7.09. The summed E-state index contributed by atoms with van der Waals surface area (Å²) in [5.41, 5.74) is 0.312. The van der Waals surface area contributed by atoms with Crippen LogP contribution in [-0.4, -0.2) is 30.0 Å². The Kier molecular flexibility index (Phi) is 6.96. The lowest BCUT2D eigenvalue weighted by molar-refractivity contribution is -0.139. The highest BCUT2D eigenvalue weighted by Gasteiger charge is 2.33. The maximum Gasteiger partial charge on any atom is 0.391 e. The Labute approximate surface area is 131 Å². The third kappa shape index (κ3) is 7.00. The van der Waals surface area contributed by atoms with Gasteiger partial charge in [-0.25, -0.2) is 4.79 Å². The number of benzene rings is 1. The van der Waals surface area contributed by atoms with Crippen LogP contribution in [0.4, 0.5) is 18.0 Å². The number of hydrogen-bond donors (Lipinski definition) is 3. The molecule has 0 spiro atoms. The van der Waals surface area contributed by atoms with E-state index in [2.05, 4.69) is 10.6 Å². The molecule has 124 valence electrons. The van der Waals surface area contributed by atoms with Crippen LogP contribution in [0, 0.1) is 0 Å². The quantitative estimate of drug-likeness (QED) is 0.744. The maximum atomic E-state index is 12.7. The van der Waals surface area contributed by atoms with E-state index in [1.165, 1.54) is 24.3 Å². The Balaban J connectivity index is 2.78. The van der Waals surface area contributed by atoms with E-state index in [-0.39, 0.29) is 12.6 Å². The SMILES string of the molecule is C[C@H](CCO)NC(=O)NC(CC(F)(F)F)c1ccc(Cl)cc1. The summed E-state index contributed by atoms with van der Waals surface area (Å²) in [7, 11) is 0. The minimum absolute atomic E-state index is 0.120. The number of nitrogens with one attached hydrogen (secondary N) is 2. The molecule has 0 heterocycles. The highest BCUT2D eigenvalue weighted by Crippen LogP contribution is 2.30. The molecule has 0 saturated carbocycles. The number of halogens is 4. The van der Waals surface area contributed by atoms with Gasteiger partial charge in [0.1, 0.15) is 0 Å². The van der Waals surface area contributed by atoms with Crippen molar-refractivity contribution in [3.63, 3.8) is 0 Å². The molecule has 8 heteroatoms. The smallest absolute Gasteiger partial charge is 0.391 e. The minimum Gasteiger partial charge on any atom is -0.396 e. The molecule has 2 atom stereocenters. The molecule has 3 N–H and O–H groups in total. The molecule has 1 aromatic rings. The molecule has 0 fully saturated rings. The lowest BCUT2D eigenvalue weighted by Crippen LogP contribution is -2.43. The van der Waals surface area contributed by atoms with Gasteiger partial charge in [-0.3, -0.25) is 0 Å². The maximum absolute atomic E-state index is 12.7. The van der Waals surface area contributed by atoms with E-state index in [1.54, 1.807) is 6.92 Å². The van der Waals surface area contributed by atoms with Gasteiger partial charge in [-0.15, -0.1) is 0 Å². The van der Waals surface area contributed by atoms with Crippen LogP contribution in [0.3, 0.4) is 0 Å². The first kappa shape index (κ1) is 18.6. The van der Waals surface area contributed by atoms with Crippen molar-refractivity contribution >= 4 is 17.6 Å². The number of amides is 2. The van der Waals surface area contributed by atoms with Crippen molar-refractivity contribution < 1.29 is 23.1 Å². The third-order valence-corrected chi connectivity index (χ3v) is 3.20. The molecule has 0 bridgehead atoms. The van der Waals surface area contributed by atoms with Gasteiger partial charge in [-0.2, -0.15) is 13.2 Å². The predicted octanol–water partition coefficient (Wildman–Crippen LogP) is 3.40. The monoisotopic (exact) mass is 338 g/mol. The van der Waals surface area contributed by atoms with Gasteiger partial charge in [0.05, 0.1) is 12.5 Å². The summed E-state index contributed by atoms with van der Waals surface area (Å²) < 4.78 is 38.0. The molecule has 4 nitrogen and oxygen atoms in total. The van der Waals surface area contributed by atoms with Crippen LogP contribution in [-0.2, 0) is 0 Å². The molecule has 1 aromatic carbocycles. The first-order chi connectivity index (χ1) is 10.2. The van der Waals surface area contributed by atoms with Gasteiger partial charge < -0.3 is 15.7 Å². The number of alkyl halides is 3. The van der Waals surface area contributed by atoms with Crippen LogP contribution >= 0.6 is 11.6 Å². The summed E-state index contributed by atoms with van der Waals surface area (Å²) in [5, 5.41) is 13.9. The van der Waals surface area contributed by atoms with Crippen LogP contribution in [0.25, 0.3) is 0 Å². The number of carbonyl (C=O) groups excluding carboxylic acids is 1. The number of urea groups is 1. The highest BCUT2D eigenvalue weighted by molar-refractivity contribution is 6.30. The van der Waals surface area contributed by atoms with Gasteiger partial charge in [0.2, 0.25) is 0 Å². The van der Waals surface area contributed by atoms with Crippen molar-refractivity contribution in [2.75, 3.05) is 6.61 Å². The normalized spacial score (nSPS) is 14.3. The number of rotatable bonds is 6. The van der Waals surface area contributed by atoms with Gasteiger partial charge in [0.25, 0.3) is 0 Å². The Morgan fingerprint density at radius 2 is 1.86 bits per heavy atom. The zero-order chi connectivity index (χ0) is 16.8. The van der Waals surface area contributed by atoms with E-state index in [0.29, 0.717) is 17.0 Å². The fourth-order valence-corrected chi connectivity index (χ4v) is 1.99. The summed E-state index contributed by atoms with van der Waals surface area (Å²) in [6.07, 6.45) is -5.29. The highest BCUT2D eigenvalue weighted by atomic mass is 35.5. The molecular weight excluding hydrogens is 321 g/mol. The molecule has 0 radical (unpaired) electrons. The van der Waals surface area contributed by atoms with Gasteiger partial charge in [-0.1, -0.05) is 23.7 Å². The summed E-state index contributed by atoms with van der Waals surface area (Å²) in [6, 6.07) is 3.54. The summed E-state index contributed by atoms with van der Waals surface area (Å²) in [6.45, 7) is 1.53. The Morgan fingerprint density at radius 3 is 2.36 bits per heavy atom. The van der Waals surface area contributed by atoms with Crippen molar-refractivity contribution in [3.05, 3.63) is 34.9 Å². The number of aliphatic hydroxyl groups is 1. The fraction of sp³-hybridized carbons (Fsp3) is 0.500. The molecule has 0 aliphatic heterocycles. The van der Waals surface area contributed by atoms with E-state index < -0.39 is 24.7 Å². The molecule has 22 heavy (non-hydrogen) atoms. The van der Waals surface area contributed by atoms with Crippen molar-refractivity contribution in [1.82, 2.24) is 10.6 Å². The van der Waals surface area contributed by atoms with Crippen molar-refractivity contribution in [3.8, 4) is 0 Å². The zero-order valence-corrected chi connectivity index (χ0v) is 12.7. The Morgan fingerprint density at radius 1 is 1.27 bits per heavy atom. The topological polar surface area (TPSA) is 61.4 Å². The standard InChI is InChI=1S/C14H18ClF3N2O2/c1-9(6-7-21)19-13(22)20-12(8-14(16,17)18)10-2-4-11(15)5-3-10/h2-5,9,12,21H,6-8H2,1H3,(H2,19,20,22)/t9-,12?/m1/s1. The molecule has 0 aliphatic rings. The summed E-state index contributed by atoms with van der Waals surface area (Å²) in [5.74, 6) is 0. The van der Waals surface area contributed by atoms with Crippen LogP contribution < -0.4 is 10.6 Å². The second-order valence-electron chi connectivity index (χ2n) is 4.95. The zero-order valence-electron chi connectivity index (χ0n) is 12.0. The average molecular weight is 339 g/mol. The van der Waals surface area contributed by atoms with Gasteiger partial charge in [-0.05, 0) is 31.0 Å². The molecule has 1 rings (SSSR count). The molecule has 0 aromatic heterocycles. The Hall–Kier alpha value is -1.47. The lowest BCUT2D eigenvalue weighted by atomic mass is 10.0. The fourth-order valence-electron chi connectivity index (χ4n) is 1.87. The van der Waals surface area contributed by atoms with Crippen molar-refractivity contribution in [2.24, 2.45) is 0 Å². The average Bonchev–Trinajstić information content (AvgIpc) is 2.37. The summed E-state index contributed by atoms with van der Waals surface area (Å²) >= 11 is 5.71. The second-order valence-corrected chi connectivity index (χ2v) is 5.39. The van der Waals surface area contributed by atoms with Gasteiger partial charge in [0, 0.05) is 17.7 Å². The number of carbonyl (C=O) groups is 1. The van der Waals surface area contributed by atoms with E-state index in [9.17, 15) is 18.0 Å². The van der Waals surface area contributed by atoms with E-state index in [4.69, 9.17) is 16.7 Å². The molecule has 1 unspecified atom stereocenters. The van der Waals surface area contributed by atoms with E-state index in [1.807, 2.05) is 0 Å². The predicted molar refractivity (Wildman–Crippen MR) is 77.7 cm³/mol. The number of aliphatic hydroxyl groups excluding tert-OH is 1. The molecule has 0 aliphatic carbocycles. The van der Waals surface area contributed by atoms with Crippen molar-refractivity contribution in [2.45, 2.75) is 38.0 Å². The van der Waals surface area contributed by atoms with Crippen molar-refractivity contribution in [1.29, 1.82) is 0 Å². The van der Waals surface area contributed by atoms with Crippen LogP contribution in [0.5, 0.6) is 0 Å². The molecule has 2 amide bonds. The van der Waals surface area contributed by atoms with E-state index in [0.717, 1.165) is 0 Å². The van der Waals surface area contributed by atoms with Gasteiger partial charge in [0.15, 0.2) is 0 Å². The van der Waals surface area contributed by atoms with E-state index >= 15 is 0 Å². The first-order valence-electron chi connectivity index (χ1n) is 6.71.